The van der Waals surface area contributed by atoms with Crippen LogP contribution in [-0.2, 0) is 18.8 Å². The molecule has 0 unspecified atom stereocenters. The van der Waals surface area contributed by atoms with Gasteiger partial charge in [-0.3, -0.25) is 0 Å². The molecule has 1 aromatic heterocycles. The van der Waals surface area contributed by atoms with Crippen LogP contribution in [0.4, 0.5) is 8.78 Å². The molecule has 0 fully saturated rings. The van der Waals surface area contributed by atoms with Gasteiger partial charge in [0.15, 0.2) is 0 Å². The first-order chi connectivity index (χ1) is 10.6. The highest BCUT2D eigenvalue weighted by molar-refractivity contribution is 7.98. The van der Waals surface area contributed by atoms with E-state index in [4.69, 9.17) is 20.8 Å². The Morgan fingerprint density at radius 3 is 2.73 bits per heavy atom. The number of alkyl halides is 2. The largest absolute Gasteiger partial charge is 0.496 e. The molecule has 0 radical (unpaired) electrons. The van der Waals surface area contributed by atoms with E-state index in [-0.39, 0.29) is 5.75 Å². The molecule has 1 heterocycles. The third-order valence-corrected chi connectivity index (χ3v) is 3.86. The van der Waals surface area contributed by atoms with Crippen LogP contribution in [0.2, 0.25) is 5.02 Å². The number of nitrogens with one attached hydrogen (secondary N) is 1. The molecule has 22 heavy (non-hydrogen) atoms. The van der Waals surface area contributed by atoms with Crippen LogP contribution in [0.3, 0.4) is 0 Å². The van der Waals surface area contributed by atoms with Gasteiger partial charge in [-0.15, -0.1) is 0 Å². The lowest BCUT2D eigenvalue weighted by Gasteiger charge is -2.09. The maximum absolute atomic E-state index is 12.1. The maximum atomic E-state index is 12.1. The summed E-state index contributed by atoms with van der Waals surface area (Å²) in [6.45, 7) is 1.06. The van der Waals surface area contributed by atoms with E-state index in [0.29, 0.717) is 41.4 Å². The van der Waals surface area contributed by atoms with Gasteiger partial charge in [-0.1, -0.05) is 23.4 Å². The standard InChI is InChI=1S/C15H16ClF2NO2S/c1-20-14-5-2-11(16)6-10(14)7-19-8-12-3-4-13(21-12)9-22-15(17)18/h2-6,15,19H,7-9H2,1H3. The molecule has 7 heteroatoms. The fourth-order valence-electron chi connectivity index (χ4n) is 1.95. The molecule has 1 aromatic carbocycles. The van der Waals surface area contributed by atoms with Gasteiger partial charge in [0.1, 0.15) is 17.3 Å². The van der Waals surface area contributed by atoms with Crippen molar-refractivity contribution in [1.29, 1.82) is 0 Å². The van der Waals surface area contributed by atoms with Crippen molar-refractivity contribution >= 4 is 23.4 Å². The van der Waals surface area contributed by atoms with Crippen LogP contribution in [0, 0.1) is 0 Å². The van der Waals surface area contributed by atoms with Gasteiger partial charge in [0.25, 0.3) is 5.76 Å². The van der Waals surface area contributed by atoms with E-state index < -0.39 is 5.76 Å². The number of ether oxygens (including phenoxy) is 1. The summed E-state index contributed by atoms with van der Waals surface area (Å²) >= 11 is 6.51. The molecule has 1 N–H and O–H groups in total. The average Bonchev–Trinajstić information content (AvgIpc) is 2.93. The van der Waals surface area contributed by atoms with E-state index in [1.54, 1.807) is 25.3 Å². The quantitative estimate of drug-likeness (QED) is 0.751. The van der Waals surface area contributed by atoms with Crippen LogP contribution in [0.1, 0.15) is 17.1 Å². The Labute approximate surface area is 137 Å². The minimum absolute atomic E-state index is 0.166. The highest BCUT2D eigenvalue weighted by Gasteiger charge is 2.08. The van der Waals surface area contributed by atoms with E-state index >= 15 is 0 Å². The van der Waals surface area contributed by atoms with Crippen LogP contribution in [0.25, 0.3) is 0 Å². The molecular weight excluding hydrogens is 332 g/mol. The predicted molar refractivity (Wildman–Crippen MR) is 84.6 cm³/mol. The fourth-order valence-corrected chi connectivity index (χ4v) is 2.59. The number of methoxy groups -OCH3 is 1. The summed E-state index contributed by atoms with van der Waals surface area (Å²) in [5, 5.41) is 3.85. The Morgan fingerprint density at radius 1 is 1.23 bits per heavy atom. The van der Waals surface area contributed by atoms with Crippen molar-refractivity contribution in [2.24, 2.45) is 0 Å². The van der Waals surface area contributed by atoms with Gasteiger partial charge in [0.2, 0.25) is 0 Å². The Hall–Kier alpha value is -1.24. The zero-order valence-electron chi connectivity index (χ0n) is 11.9. The molecule has 0 bridgehead atoms. The number of furan rings is 1. The van der Waals surface area contributed by atoms with Crippen LogP contribution in [0.15, 0.2) is 34.7 Å². The zero-order chi connectivity index (χ0) is 15.9. The molecule has 2 aromatic rings. The summed E-state index contributed by atoms with van der Waals surface area (Å²) in [5.74, 6) is -0.222. The molecule has 3 nitrogen and oxygen atoms in total. The van der Waals surface area contributed by atoms with Gasteiger partial charge in [-0.25, -0.2) is 0 Å². The average molecular weight is 348 g/mol. The summed E-state index contributed by atoms with van der Waals surface area (Å²) in [5.41, 5.74) is 0.940. The Balaban J connectivity index is 1.85. The molecule has 0 aliphatic carbocycles. The second-order valence-corrected chi connectivity index (χ2v) is 5.91. The van der Waals surface area contributed by atoms with E-state index in [1.165, 1.54) is 0 Å². The third-order valence-electron chi connectivity index (χ3n) is 2.93. The van der Waals surface area contributed by atoms with Crippen molar-refractivity contribution in [2.75, 3.05) is 7.11 Å². The monoisotopic (exact) mass is 347 g/mol. The number of benzene rings is 1. The SMILES string of the molecule is COc1ccc(Cl)cc1CNCc1ccc(CSC(F)F)o1. The number of thioether (sulfide) groups is 1. The third kappa shape index (κ3) is 5.19. The molecule has 0 saturated carbocycles. The summed E-state index contributed by atoms with van der Waals surface area (Å²) < 4.78 is 35.0. The van der Waals surface area contributed by atoms with Gasteiger partial charge < -0.3 is 14.5 Å². The summed E-state index contributed by atoms with van der Waals surface area (Å²) in [4.78, 5) is 0. The highest BCUT2D eigenvalue weighted by Crippen LogP contribution is 2.23. The predicted octanol–water partition coefficient (Wildman–Crippen LogP) is 4.69. The number of hydrogen-bond acceptors (Lipinski definition) is 4. The normalized spacial score (nSPS) is 11.1. The molecule has 2 rings (SSSR count). The molecule has 0 aliphatic heterocycles. The van der Waals surface area contributed by atoms with E-state index in [1.807, 2.05) is 12.1 Å². The van der Waals surface area contributed by atoms with Crippen LogP contribution in [-0.4, -0.2) is 12.9 Å². The maximum Gasteiger partial charge on any atom is 0.284 e. The molecule has 120 valence electrons. The Bertz CT molecular complexity index is 607. The first-order valence-corrected chi connectivity index (χ1v) is 8.01. The smallest absolute Gasteiger partial charge is 0.284 e. The molecule has 0 spiro atoms. The number of rotatable bonds is 8. The minimum atomic E-state index is -2.39. The molecule has 0 aliphatic rings. The van der Waals surface area contributed by atoms with Crippen molar-refractivity contribution < 1.29 is 17.9 Å². The van der Waals surface area contributed by atoms with Crippen molar-refractivity contribution in [2.45, 2.75) is 24.6 Å². The van der Waals surface area contributed by atoms with Crippen molar-refractivity contribution in [3.63, 3.8) is 0 Å². The second-order valence-electron chi connectivity index (χ2n) is 4.50. The van der Waals surface area contributed by atoms with Crippen LogP contribution >= 0.6 is 23.4 Å². The minimum Gasteiger partial charge on any atom is -0.496 e. The van der Waals surface area contributed by atoms with E-state index in [9.17, 15) is 8.78 Å². The molecular formula is C15H16ClF2NO2S. The van der Waals surface area contributed by atoms with Gasteiger partial charge in [0, 0.05) is 17.1 Å². The summed E-state index contributed by atoms with van der Waals surface area (Å²) in [6, 6.07) is 8.91. The van der Waals surface area contributed by atoms with Crippen molar-refractivity contribution in [3.05, 3.63) is 52.4 Å². The van der Waals surface area contributed by atoms with Crippen molar-refractivity contribution in [3.8, 4) is 5.75 Å². The Kier molecular flexibility index (Phi) is 6.54. The topological polar surface area (TPSA) is 34.4 Å². The highest BCUT2D eigenvalue weighted by atomic mass is 35.5. The zero-order valence-corrected chi connectivity index (χ0v) is 13.5. The van der Waals surface area contributed by atoms with Crippen molar-refractivity contribution in [1.82, 2.24) is 5.32 Å². The van der Waals surface area contributed by atoms with Crippen LogP contribution in [0.5, 0.6) is 5.75 Å². The number of hydrogen-bond donors (Lipinski definition) is 1. The lowest BCUT2D eigenvalue weighted by Crippen LogP contribution is -2.12. The molecule has 0 atom stereocenters. The first kappa shape index (κ1) is 17.1. The van der Waals surface area contributed by atoms with Gasteiger partial charge in [-0.2, -0.15) is 8.78 Å². The van der Waals surface area contributed by atoms with E-state index in [0.717, 1.165) is 11.3 Å². The van der Waals surface area contributed by atoms with Crippen LogP contribution < -0.4 is 10.1 Å². The molecule has 0 amide bonds. The second kappa shape index (κ2) is 8.41. The Morgan fingerprint density at radius 2 is 2.00 bits per heavy atom. The molecule has 0 saturated heterocycles. The number of halogens is 3. The lowest BCUT2D eigenvalue weighted by molar-refractivity contribution is 0.251. The van der Waals surface area contributed by atoms with Gasteiger partial charge in [-0.05, 0) is 30.3 Å². The summed E-state index contributed by atoms with van der Waals surface area (Å²) in [7, 11) is 1.60. The lowest BCUT2D eigenvalue weighted by atomic mass is 10.2. The van der Waals surface area contributed by atoms with Gasteiger partial charge in [0.05, 0.1) is 19.4 Å². The first-order valence-electron chi connectivity index (χ1n) is 6.59. The van der Waals surface area contributed by atoms with E-state index in [2.05, 4.69) is 5.32 Å². The fraction of sp³-hybridized carbons (Fsp3) is 0.333. The van der Waals surface area contributed by atoms with Gasteiger partial charge >= 0.3 is 0 Å². The summed E-state index contributed by atoms with van der Waals surface area (Å²) in [6.07, 6.45) is 0.